The van der Waals surface area contributed by atoms with Crippen molar-refractivity contribution in [1.29, 1.82) is 0 Å². The normalized spacial score (nSPS) is 10.3. The number of anilines is 1. The van der Waals surface area contributed by atoms with E-state index in [9.17, 15) is 4.79 Å². The average molecular weight is 239 g/mol. The molecule has 0 unspecified atom stereocenters. The monoisotopic (exact) mass is 239 g/mol. The molecule has 18 heavy (non-hydrogen) atoms. The molecule has 2 aromatic carbocycles. The third-order valence-corrected chi connectivity index (χ3v) is 3.03. The van der Waals surface area contributed by atoms with E-state index in [-0.39, 0.29) is 5.78 Å². The maximum absolute atomic E-state index is 12.1. The zero-order chi connectivity index (χ0) is 13.0. The highest BCUT2D eigenvalue weighted by molar-refractivity contribution is 5.97. The lowest BCUT2D eigenvalue weighted by Crippen LogP contribution is -2.03. The van der Waals surface area contributed by atoms with Crippen LogP contribution in [0.15, 0.2) is 48.5 Å². The van der Waals surface area contributed by atoms with Gasteiger partial charge in [-0.15, -0.1) is 0 Å². The number of nitrogens with two attached hydrogens (primary N) is 1. The van der Waals surface area contributed by atoms with Crippen LogP contribution < -0.4 is 5.73 Å². The first-order chi connectivity index (χ1) is 8.69. The number of hydrogen-bond acceptors (Lipinski definition) is 2. The third-order valence-electron chi connectivity index (χ3n) is 3.03. The van der Waals surface area contributed by atoms with Crippen molar-refractivity contribution in [2.45, 2.75) is 19.8 Å². The third kappa shape index (κ3) is 2.98. The first-order valence-electron chi connectivity index (χ1n) is 6.15. The Kier molecular flexibility index (Phi) is 3.78. The number of carbonyl (C=O) groups excluding carboxylic acids is 1. The molecule has 0 bridgehead atoms. The van der Waals surface area contributed by atoms with Gasteiger partial charge >= 0.3 is 0 Å². The summed E-state index contributed by atoms with van der Waals surface area (Å²) >= 11 is 0. The lowest BCUT2D eigenvalue weighted by atomic mass is 10.0. The maximum Gasteiger partial charge on any atom is 0.167 e. The molecule has 0 aromatic heterocycles. The van der Waals surface area contributed by atoms with Crippen LogP contribution in [0.25, 0.3) is 0 Å². The Morgan fingerprint density at radius 1 is 0.944 bits per heavy atom. The molecule has 2 N–H and O–H groups in total. The number of carbonyl (C=O) groups is 1. The molecule has 2 aromatic rings. The molecule has 0 spiro atoms. The van der Waals surface area contributed by atoms with Crippen LogP contribution in [0.4, 0.5) is 5.69 Å². The van der Waals surface area contributed by atoms with Crippen molar-refractivity contribution in [3.8, 4) is 0 Å². The fourth-order valence-corrected chi connectivity index (χ4v) is 1.85. The minimum atomic E-state index is 0.141. The Balaban J connectivity index is 2.09. The fraction of sp³-hybridized carbons (Fsp3) is 0.188. The van der Waals surface area contributed by atoms with Gasteiger partial charge in [0.05, 0.1) is 0 Å². The second kappa shape index (κ2) is 5.50. The first-order valence-corrected chi connectivity index (χ1v) is 6.15. The topological polar surface area (TPSA) is 43.1 Å². The van der Waals surface area contributed by atoms with E-state index in [1.807, 2.05) is 48.5 Å². The summed E-state index contributed by atoms with van der Waals surface area (Å²) in [6, 6.07) is 15.3. The van der Waals surface area contributed by atoms with E-state index in [2.05, 4.69) is 6.92 Å². The van der Waals surface area contributed by atoms with Crippen LogP contribution in [0.3, 0.4) is 0 Å². The molecule has 0 amide bonds. The Morgan fingerprint density at radius 3 is 2.06 bits per heavy atom. The molecule has 0 fully saturated rings. The van der Waals surface area contributed by atoms with Gasteiger partial charge in [-0.05, 0) is 29.7 Å². The van der Waals surface area contributed by atoms with E-state index >= 15 is 0 Å². The van der Waals surface area contributed by atoms with Crippen molar-refractivity contribution in [2.24, 2.45) is 0 Å². The minimum Gasteiger partial charge on any atom is -0.399 e. The highest BCUT2D eigenvalue weighted by atomic mass is 16.1. The summed E-state index contributed by atoms with van der Waals surface area (Å²) < 4.78 is 0. The molecular weight excluding hydrogens is 222 g/mol. The lowest BCUT2D eigenvalue weighted by Gasteiger charge is -2.03. The zero-order valence-electron chi connectivity index (χ0n) is 10.5. The van der Waals surface area contributed by atoms with Crippen LogP contribution in [-0.4, -0.2) is 5.78 Å². The number of hydrogen-bond donors (Lipinski definition) is 1. The van der Waals surface area contributed by atoms with Crippen molar-refractivity contribution in [3.05, 3.63) is 65.2 Å². The summed E-state index contributed by atoms with van der Waals surface area (Å²) in [4.78, 5) is 12.1. The van der Waals surface area contributed by atoms with Crippen LogP contribution in [0.1, 0.15) is 28.4 Å². The Hall–Kier alpha value is -2.09. The molecular formula is C16H17NO. The quantitative estimate of drug-likeness (QED) is 0.657. The van der Waals surface area contributed by atoms with Crippen molar-refractivity contribution in [1.82, 2.24) is 0 Å². The molecule has 0 saturated carbocycles. The second-order valence-electron chi connectivity index (χ2n) is 4.39. The summed E-state index contributed by atoms with van der Waals surface area (Å²) in [5.74, 6) is 0.141. The van der Waals surface area contributed by atoms with Gasteiger partial charge < -0.3 is 5.73 Å². The molecule has 0 saturated heterocycles. The largest absolute Gasteiger partial charge is 0.399 e. The molecule has 0 atom stereocenters. The van der Waals surface area contributed by atoms with Crippen LogP contribution in [0, 0.1) is 0 Å². The van der Waals surface area contributed by atoms with Gasteiger partial charge in [0.25, 0.3) is 0 Å². The minimum absolute atomic E-state index is 0.141. The van der Waals surface area contributed by atoms with Crippen LogP contribution in [-0.2, 0) is 12.8 Å². The molecule has 0 aliphatic heterocycles. The predicted octanol–water partition coefficient (Wildman–Crippen LogP) is 3.26. The van der Waals surface area contributed by atoms with Gasteiger partial charge in [-0.2, -0.15) is 0 Å². The summed E-state index contributed by atoms with van der Waals surface area (Å²) in [5, 5.41) is 0. The zero-order valence-corrected chi connectivity index (χ0v) is 10.5. The van der Waals surface area contributed by atoms with Gasteiger partial charge in [0.1, 0.15) is 0 Å². The van der Waals surface area contributed by atoms with Gasteiger partial charge in [0, 0.05) is 17.7 Å². The van der Waals surface area contributed by atoms with Crippen LogP contribution in [0.2, 0.25) is 0 Å². The van der Waals surface area contributed by atoms with Gasteiger partial charge in [-0.25, -0.2) is 0 Å². The predicted molar refractivity (Wildman–Crippen MR) is 74.7 cm³/mol. The van der Waals surface area contributed by atoms with E-state index in [1.54, 1.807) is 0 Å². The first kappa shape index (κ1) is 12.4. The summed E-state index contributed by atoms with van der Waals surface area (Å²) in [7, 11) is 0. The standard InChI is InChI=1S/C16H17NO/c1-2-12-3-7-14(8-4-12)16(18)11-13-5-9-15(17)10-6-13/h3-10H,2,11,17H2,1H3. The van der Waals surface area contributed by atoms with Gasteiger partial charge in [-0.1, -0.05) is 43.3 Å². The summed E-state index contributed by atoms with van der Waals surface area (Å²) in [5.41, 5.74) is 9.35. The van der Waals surface area contributed by atoms with Gasteiger partial charge in [0.2, 0.25) is 0 Å². The SMILES string of the molecule is CCc1ccc(C(=O)Cc2ccc(N)cc2)cc1. The summed E-state index contributed by atoms with van der Waals surface area (Å²) in [6.45, 7) is 2.10. The van der Waals surface area contributed by atoms with Crippen LogP contribution >= 0.6 is 0 Å². The second-order valence-corrected chi connectivity index (χ2v) is 4.39. The van der Waals surface area contributed by atoms with E-state index in [4.69, 9.17) is 5.73 Å². The van der Waals surface area contributed by atoms with Gasteiger partial charge in [-0.3, -0.25) is 4.79 Å². The van der Waals surface area contributed by atoms with Crippen molar-refractivity contribution in [3.63, 3.8) is 0 Å². The van der Waals surface area contributed by atoms with E-state index in [0.29, 0.717) is 6.42 Å². The molecule has 92 valence electrons. The Bertz CT molecular complexity index is 526. The Morgan fingerprint density at radius 2 is 1.50 bits per heavy atom. The average Bonchev–Trinajstić information content (AvgIpc) is 2.41. The highest BCUT2D eigenvalue weighted by Crippen LogP contribution is 2.11. The van der Waals surface area contributed by atoms with Crippen molar-refractivity contribution < 1.29 is 4.79 Å². The number of rotatable bonds is 4. The molecule has 0 heterocycles. The summed E-state index contributed by atoms with van der Waals surface area (Å²) in [6.07, 6.45) is 1.41. The number of Topliss-reactive ketones (excluding diaryl/α,β-unsaturated/α-hetero) is 1. The lowest BCUT2D eigenvalue weighted by molar-refractivity contribution is 0.0993. The fourth-order valence-electron chi connectivity index (χ4n) is 1.85. The molecule has 0 radical (unpaired) electrons. The maximum atomic E-state index is 12.1. The number of aryl methyl sites for hydroxylation is 1. The van der Waals surface area contributed by atoms with E-state index in [0.717, 1.165) is 23.2 Å². The molecule has 2 heteroatoms. The van der Waals surface area contributed by atoms with E-state index in [1.165, 1.54) is 5.56 Å². The molecule has 2 nitrogen and oxygen atoms in total. The van der Waals surface area contributed by atoms with Crippen molar-refractivity contribution >= 4 is 11.5 Å². The van der Waals surface area contributed by atoms with Gasteiger partial charge in [0.15, 0.2) is 5.78 Å². The smallest absolute Gasteiger partial charge is 0.167 e. The van der Waals surface area contributed by atoms with E-state index < -0.39 is 0 Å². The number of benzene rings is 2. The number of ketones is 1. The van der Waals surface area contributed by atoms with Crippen LogP contribution in [0.5, 0.6) is 0 Å². The molecule has 2 rings (SSSR count). The molecule has 0 aliphatic carbocycles. The highest BCUT2D eigenvalue weighted by Gasteiger charge is 2.06. The molecule has 0 aliphatic rings. The Labute approximate surface area is 107 Å². The number of nitrogen functional groups attached to an aromatic ring is 1. The van der Waals surface area contributed by atoms with Crippen molar-refractivity contribution in [2.75, 3.05) is 5.73 Å².